The minimum atomic E-state index is -4.41. The second-order valence-corrected chi connectivity index (χ2v) is 10.0. The lowest BCUT2D eigenvalue weighted by molar-refractivity contribution is 0.172. The average molecular weight is 548 g/mol. The smallest absolute Gasteiger partial charge is 0.409 e. The van der Waals surface area contributed by atoms with Crippen LogP contribution >= 0.6 is 0 Å². The highest BCUT2D eigenvalue weighted by atomic mass is 32.2. The topological polar surface area (TPSA) is 108 Å². The lowest BCUT2D eigenvalue weighted by Gasteiger charge is -2.26. The third-order valence-electron chi connectivity index (χ3n) is 5.37. The Morgan fingerprint density at radius 3 is 2.29 bits per heavy atom. The Kier molecular flexibility index (Phi) is 9.04. The summed E-state index contributed by atoms with van der Waals surface area (Å²) in [6.45, 7) is 6.51. The summed E-state index contributed by atoms with van der Waals surface area (Å²) in [5.41, 5.74) is 0.363. The monoisotopic (exact) mass is 547 g/mol. The summed E-state index contributed by atoms with van der Waals surface area (Å²) in [6.07, 6.45) is 0.728. The largest absolute Gasteiger partial charge is 0.414 e. The molecule has 0 fully saturated rings. The van der Waals surface area contributed by atoms with Crippen LogP contribution in [0.2, 0.25) is 0 Å². The van der Waals surface area contributed by atoms with Crippen molar-refractivity contribution in [2.45, 2.75) is 25.7 Å². The van der Waals surface area contributed by atoms with Gasteiger partial charge >= 0.3 is 6.09 Å². The van der Waals surface area contributed by atoms with E-state index >= 15 is 0 Å². The highest BCUT2D eigenvalue weighted by molar-refractivity contribution is 7.92. The Hall–Kier alpha value is -4.00. The van der Waals surface area contributed by atoms with Crippen LogP contribution < -0.4 is 19.3 Å². The maximum atomic E-state index is 13.9. The molecule has 0 aliphatic carbocycles. The summed E-state index contributed by atoms with van der Waals surface area (Å²) in [4.78, 5) is 23.4. The molecule has 13 heteroatoms. The molecule has 10 nitrogen and oxygen atoms in total. The van der Waals surface area contributed by atoms with E-state index in [0.717, 1.165) is 16.4 Å². The van der Waals surface area contributed by atoms with Crippen LogP contribution in [0, 0.1) is 17.7 Å². The molecule has 0 aliphatic heterocycles. The number of benzene rings is 2. The number of sulfonamides is 1. The number of hydrogen-bond donors (Lipinski definition) is 1. The van der Waals surface area contributed by atoms with E-state index in [2.05, 4.69) is 21.4 Å². The number of aromatic nitrogens is 2. The Balaban J connectivity index is 2.11. The highest BCUT2D eigenvalue weighted by Crippen LogP contribution is 2.33. The van der Waals surface area contributed by atoms with Crippen LogP contribution in [0.25, 0.3) is 0 Å². The molecule has 0 spiro atoms. The molecule has 1 amide bonds. The van der Waals surface area contributed by atoms with Gasteiger partial charge in [0.1, 0.15) is 23.1 Å². The summed E-state index contributed by atoms with van der Waals surface area (Å²) >= 11 is 0. The zero-order valence-corrected chi connectivity index (χ0v) is 22.5. The maximum Gasteiger partial charge on any atom is 0.414 e. The predicted molar refractivity (Wildman–Crippen MR) is 140 cm³/mol. The fourth-order valence-electron chi connectivity index (χ4n) is 3.47. The highest BCUT2D eigenvalue weighted by Gasteiger charge is 2.28. The molecule has 3 rings (SSSR count). The lowest BCUT2D eigenvalue weighted by atomic mass is 10.3. The SMILES string of the molecule is CCN(CC)c1ncc(N(CC)S(=O)(=O)c2cc(F)cc(F)c2)c(Nc2[c]c(OC(=O)N(C)C)ccc2)n1. The normalized spacial score (nSPS) is 11.1. The van der Waals surface area contributed by atoms with Gasteiger partial charge in [0.25, 0.3) is 10.0 Å². The third-order valence-corrected chi connectivity index (χ3v) is 7.23. The average Bonchev–Trinajstić information content (AvgIpc) is 2.86. The maximum absolute atomic E-state index is 13.9. The molecule has 0 saturated carbocycles. The van der Waals surface area contributed by atoms with Crippen molar-refractivity contribution >= 4 is 39.3 Å². The number of rotatable bonds is 10. The molecular weight excluding hydrogens is 518 g/mol. The van der Waals surface area contributed by atoms with Crippen LogP contribution in [0.4, 0.5) is 36.7 Å². The van der Waals surface area contributed by atoms with E-state index in [4.69, 9.17) is 4.74 Å². The molecule has 0 aliphatic rings. The standard InChI is InChI=1S/C25H29F2N6O4S/c1-6-32(7-2)24-28-16-22(33(8-3)38(35,36)21-13-17(26)12-18(27)14-21)23(30-24)29-19-10-9-11-20(15-19)37-25(34)31(4)5/h9-14,16H,6-8H2,1-5H3,(H,28,29,30). The molecule has 1 N–H and O–H groups in total. The quantitative estimate of drug-likeness (QED) is 0.398. The molecule has 0 unspecified atom stereocenters. The number of ether oxygens (including phenoxy) is 1. The first-order valence-corrected chi connectivity index (χ1v) is 13.2. The van der Waals surface area contributed by atoms with E-state index in [1.165, 1.54) is 31.3 Å². The number of anilines is 4. The van der Waals surface area contributed by atoms with Crippen molar-refractivity contribution in [2.24, 2.45) is 0 Å². The summed E-state index contributed by atoms with van der Waals surface area (Å²) in [5.74, 6) is -1.49. The fraction of sp³-hybridized carbons (Fsp3) is 0.320. The van der Waals surface area contributed by atoms with Gasteiger partial charge in [-0.2, -0.15) is 4.98 Å². The van der Waals surface area contributed by atoms with Crippen molar-refractivity contribution in [3.8, 4) is 5.75 Å². The van der Waals surface area contributed by atoms with Crippen molar-refractivity contribution in [3.05, 3.63) is 60.3 Å². The van der Waals surface area contributed by atoms with Gasteiger partial charge in [-0.05, 0) is 45.0 Å². The molecule has 1 heterocycles. The van der Waals surface area contributed by atoms with Gasteiger partial charge in [0.05, 0.1) is 22.8 Å². The molecular formula is C25H29F2N6O4S. The zero-order valence-electron chi connectivity index (χ0n) is 21.7. The second kappa shape index (κ2) is 12.0. The second-order valence-electron chi connectivity index (χ2n) is 8.17. The van der Waals surface area contributed by atoms with E-state index in [1.54, 1.807) is 19.1 Å². The van der Waals surface area contributed by atoms with E-state index in [9.17, 15) is 22.0 Å². The van der Waals surface area contributed by atoms with Gasteiger partial charge in [0.2, 0.25) is 5.95 Å². The first-order chi connectivity index (χ1) is 18.0. The Labute approximate surface area is 220 Å². The summed E-state index contributed by atoms with van der Waals surface area (Å²) in [7, 11) is -1.33. The van der Waals surface area contributed by atoms with Crippen LogP contribution in [0.5, 0.6) is 5.75 Å². The first kappa shape index (κ1) is 28.6. The van der Waals surface area contributed by atoms with Crippen molar-refractivity contribution in [1.29, 1.82) is 0 Å². The Morgan fingerprint density at radius 1 is 1.05 bits per heavy atom. The van der Waals surface area contributed by atoms with Gasteiger partial charge in [-0.3, -0.25) is 4.31 Å². The predicted octanol–water partition coefficient (Wildman–Crippen LogP) is 4.42. The Bertz CT molecular complexity index is 1380. The molecule has 1 aromatic heterocycles. The third kappa shape index (κ3) is 6.46. The number of carbonyl (C=O) groups is 1. The molecule has 3 aromatic rings. The molecule has 1 radical (unpaired) electrons. The molecule has 2 aromatic carbocycles. The number of nitrogens with one attached hydrogen (secondary N) is 1. The summed E-state index contributed by atoms with van der Waals surface area (Å²) < 4.78 is 60.9. The van der Waals surface area contributed by atoms with Gasteiger partial charge in [-0.15, -0.1) is 0 Å². The van der Waals surface area contributed by atoms with Crippen LogP contribution in [0.1, 0.15) is 20.8 Å². The van der Waals surface area contributed by atoms with Crippen LogP contribution in [0.3, 0.4) is 0 Å². The minimum Gasteiger partial charge on any atom is -0.409 e. The van der Waals surface area contributed by atoms with E-state index in [-0.39, 0.29) is 23.8 Å². The molecule has 0 saturated heterocycles. The van der Waals surface area contributed by atoms with Gasteiger partial charge in [-0.25, -0.2) is 27.0 Å². The van der Waals surface area contributed by atoms with Crippen molar-refractivity contribution < 1.29 is 26.7 Å². The zero-order chi connectivity index (χ0) is 28.0. The molecule has 0 bridgehead atoms. The van der Waals surface area contributed by atoms with E-state index in [0.29, 0.717) is 30.8 Å². The number of hydrogen-bond acceptors (Lipinski definition) is 8. The van der Waals surface area contributed by atoms with Crippen LogP contribution in [0.15, 0.2) is 47.5 Å². The number of amides is 1. The summed E-state index contributed by atoms with van der Waals surface area (Å²) in [6, 6.07) is 9.77. The van der Waals surface area contributed by atoms with E-state index in [1.807, 2.05) is 18.7 Å². The van der Waals surface area contributed by atoms with Gasteiger partial charge in [0.15, 0.2) is 5.82 Å². The fourth-order valence-corrected chi connectivity index (χ4v) is 4.98. The molecule has 203 valence electrons. The van der Waals surface area contributed by atoms with Crippen LogP contribution in [-0.4, -0.2) is 63.1 Å². The van der Waals surface area contributed by atoms with Gasteiger partial charge < -0.3 is 19.9 Å². The number of carbonyl (C=O) groups excluding carboxylic acids is 1. The first-order valence-electron chi connectivity index (χ1n) is 11.8. The van der Waals surface area contributed by atoms with Gasteiger partial charge in [-0.1, -0.05) is 6.07 Å². The summed E-state index contributed by atoms with van der Waals surface area (Å²) in [5, 5.41) is 3.03. The number of halogens is 2. The van der Waals surface area contributed by atoms with Crippen molar-refractivity contribution in [3.63, 3.8) is 0 Å². The molecule has 38 heavy (non-hydrogen) atoms. The molecule has 0 atom stereocenters. The van der Waals surface area contributed by atoms with Crippen LogP contribution in [-0.2, 0) is 10.0 Å². The van der Waals surface area contributed by atoms with Crippen molar-refractivity contribution in [1.82, 2.24) is 14.9 Å². The van der Waals surface area contributed by atoms with Gasteiger partial charge in [0, 0.05) is 39.8 Å². The number of nitrogens with zero attached hydrogens (tertiary/aromatic N) is 5. The Morgan fingerprint density at radius 2 is 1.71 bits per heavy atom. The minimum absolute atomic E-state index is 0.0390. The van der Waals surface area contributed by atoms with E-state index < -0.39 is 32.6 Å². The lowest BCUT2D eigenvalue weighted by Crippen LogP contribution is -2.32. The van der Waals surface area contributed by atoms with Crippen molar-refractivity contribution in [2.75, 3.05) is 48.3 Å².